The van der Waals surface area contributed by atoms with Gasteiger partial charge in [-0.3, -0.25) is 4.79 Å². The fourth-order valence-corrected chi connectivity index (χ4v) is 2.13. The molecule has 1 N–H and O–H groups in total. The number of amides is 1. The van der Waals surface area contributed by atoms with E-state index in [2.05, 4.69) is 26.0 Å². The molecule has 1 aromatic carbocycles. The molecule has 0 saturated heterocycles. The van der Waals surface area contributed by atoms with Crippen LogP contribution in [0.1, 0.15) is 30.1 Å². The number of ether oxygens (including phenoxy) is 2. The predicted molar refractivity (Wildman–Crippen MR) is 78.9 cm³/mol. The Morgan fingerprint density at radius 3 is 2.60 bits per heavy atom. The molecule has 6 heteroatoms. The van der Waals surface area contributed by atoms with Crippen LogP contribution in [0.15, 0.2) is 22.7 Å². The lowest BCUT2D eigenvalue weighted by Gasteiger charge is -2.16. The summed E-state index contributed by atoms with van der Waals surface area (Å²) < 4.78 is 10.6. The molecule has 1 atom stereocenters. The van der Waals surface area contributed by atoms with Gasteiger partial charge >= 0.3 is 5.97 Å². The van der Waals surface area contributed by atoms with E-state index in [1.807, 2.05) is 6.92 Å². The Hall–Kier alpha value is -1.56. The highest BCUT2D eigenvalue weighted by molar-refractivity contribution is 9.10. The van der Waals surface area contributed by atoms with E-state index >= 15 is 0 Å². The zero-order valence-corrected chi connectivity index (χ0v) is 13.3. The predicted octanol–water partition coefficient (Wildman–Crippen LogP) is 2.53. The summed E-state index contributed by atoms with van der Waals surface area (Å²) in [5, 5.41) is 2.67. The average Bonchev–Trinajstić information content (AvgIpc) is 2.46. The van der Waals surface area contributed by atoms with Gasteiger partial charge in [-0.25, -0.2) is 4.79 Å². The number of rotatable bonds is 6. The average molecular weight is 344 g/mol. The summed E-state index contributed by atoms with van der Waals surface area (Å²) in [5.74, 6) is -0.216. The van der Waals surface area contributed by atoms with Crippen LogP contribution in [0.4, 0.5) is 0 Å². The second kappa shape index (κ2) is 7.89. The summed E-state index contributed by atoms with van der Waals surface area (Å²) in [4.78, 5) is 23.7. The third-order valence-corrected chi connectivity index (χ3v) is 3.44. The minimum atomic E-state index is -0.632. The van der Waals surface area contributed by atoms with Crippen LogP contribution in [0.25, 0.3) is 0 Å². The van der Waals surface area contributed by atoms with Gasteiger partial charge in [-0.2, -0.15) is 0 Å². The number of hydrogen-bond acceptors (Lipinski definition) is 4. The maximum atomic E-state index is 12.1. The van der Waals surface area contributed by atoms with Crippen molar-refractivity contribution in [2.75, 3.05) is 14.2 Å². The first-order chi connectivity index (χ1) is 9.53. The fourth-order valence-electron chi connectivity index (χ4n) is 1.72. The number of carbonyl (C=O) groups is 2. The maximum Gasteiger partial charge on any atom is 0.328 e. The van der Waals surface area contributed by atoms with E-state index in [9.17, 15) is 9.59 Å². The molecule has 0 spiro atoms. The zero-order chi connectivity index (χ0) is 15.1. The van der Waals surface area contributed by atoms with Crippen LogP contribution in [-0.4, -0.2) is 32.1 Å². The smallest absolute Gasteiger partial charge is 0.328 e. The van der Waals surface area contributed by atoms with Crippen molar-refractivity contribution in [2.45, 2.75) is 25.8 Å². The molecule has 0 bridgehead atoms. The lowest BCUT2D eigenvalue weighted by molar-refractivity contribution is -0.143. The lowest BCUT2D eigenvalue weighted by Crippen LogP contribution is -2.41. The van der Waals surface area contributed by atoms with Crippen LogP contribution >= 0.6 is 15.9 Å². The maximum absolute atomic E-state index is 12.1. The Morgan fingerprint density at radius 2 is 2.05 bits per heavy atom. The standard InChI is InChI=1S/C14H18BrNO4/c1-4-5-11(14(18)20-3)16-13(17)9-6-7-10(15)12(8-9)19-2/h6-8,11H,4-5H2,1-3H3,(H,16,17). The topological polar surface area (TPSA) is 64.6 Å². The van der Waals surface area contributed by atoms with Gasteiger partial charge in [-0.05, 0) is 40.5 Å². The second-order valence-electron chi connectivity index (χ2n) is 4.19. The third-order valence-electron chi connectivity index (χ3n) is 2.78. The van der Waals surface area contributed by atoms with Gasteiger partial charge in [0.25, 0.3) is 5.91 Å². The molecule has 110 valence electrons. The Labute approximate surface area is 126 Å². The SMILES string of the molecule is CCCC(NC(=O)c1ccc(Br)c(OC)c1)C(=O)OC. The van der Waals surface area contributed by atoms with Gasteiger partial charge in [0.05, 0.1) is 18.7 Å². The van der Waals surface area contributed by atoms with Gasteiger partial charge in [0.2, 0.25) is 0 Å². The van der Waals surface area contributed by atoms with Crippen molar-refractivity contribution in [1.29, 1.82) is 0 Å². The molecular weight excluding hydrogens is 326 g/mol. The highest BCUT2D eigenvalue weighted by Crippen LogP contribution is 2.25. The van der Waals surface area contributed by atoms with Crippen molar-refractivity contribution in [1.82, 2.24) is 5.32 Å². The minimum Gasteiger partial charge on any atom is -0.496 e. The third kappa shape index (κ3) is 4.23. The minimum absolute atomic E-state index is 0.334. The highest BCUT2D eigenvalue weighted by atomic mass is 79.9. The Kier molecular flexibility index (Phi) is 6.51. The number of halogens is 1. The number of benzene rings is 1. The number of hydrogen-bond donors (Lipinski definition) is 1. The van der Waals surface area contributed by atoms with Crippen molar-refractivity contribution in [3.05, 3.63) is 28.2 Å². The number of esters is 1. The monoisotopic (exact) mass is 343 g/mol. The first-order valence-corrected chi connectivity index (χ1v) is 7.05. The second-order valence-corrected chi connectivity index (χ2v) is 5.04. The van der Waals surface area contributed by atoms with Gasteiger partial charge in [0.1, 0.15) is 11.8 Å². The largest absolute Gasteiger partial charge is 0.496 e. The molecule has 1 unspecified atom stereocenters. The van der Waals surface area contributed by atoms with Crippen LogP contribution in [0.5, 0.6) is 5.75 Å². The van der Waals surface area contributed by atoms with E-state index < -0.39 is 12.0 Å². The molecule has 0 aliphatic carbocycles. The summed E-state index contributed by atoms with van der Waals surface area (Å²) in [6.45, 7) is 1.94. The summed E-state index contributed by atoms with van der Waals surface area (Å²) in [7, 11) is 2.83. The van der Waals surface area contributed by atoms with Crippen molar-refractivity contribution < 1.29 is 19.1 Å². The molecular formula is C14H18BrNO4. The normalized spacial score (nSPS) is 11.6. The molecule has 1 rings (SSSR count). The van der Waals surface area contributed by atoms with Crippen molar-refractivity contribution in [3.8, 4) is 5.75 Å². The number of nitrogens with one attached hydrogen (secondary N) is 1. The van der Waals surface area contributed by atoms with Gasteiger partial charge < -0.3 is 14.8 Å². The van der Waals surface area contributed by atoms with Crippen LogP contribution in [0.2, 0.25) is 0 Å². The quantitative estimate of drug-likeness (QED) is 0.806. The fraction of sp³-hybridized carbons (Fsp3) is 0.429. The van der Waals surface area contributed by atoms with Crippen molar-refractivity contribution >= 4 is 27.8 Å². The summed E-state index contributed by atoms with van der Waals surface area (Å²) in [5.41, 5.74) is 0.426. The van der Waals surface area contributed by atoms with Crippen LogP contribution in [0, 0.1) is 0 Å². The Balaban J connectivity index is 2.86. The van der Waals surface area contributed by atoms with E-state index in [0.29, 0.717) is 17.7 Å². The van der Waals surface area contributed by atoms with E-state index in [1.165, 1.54) is 14.2 Å². The van der Waals surface area contributed by atoms with Crippen molar-refractivity contribution in [2.24, 2.45) is 0 Å². The summed E-state index contributed by atoms with van der Waals surface area (Å²) >= 11 is 3.32. The van der Waals surface area contributed by atoms with E-state index in [0.717, 1.165) is 10.9 Å². The molecule has 0 aromatic heterocycles. The van der Waals surface area contributed by atoms with E-state index in [-0.39, 0.29) is 5.91 Å². The Morgan fingerprint density at radius 1 is 1.35 bits per heavy atom. The zero-order valence-electron chi connectivity index (χ0n) is 11.7. The molecule has 5 nitrogen and oxygen atoms in total. The molecule has 0 aliphatic rings. The van der Waals surface area contributed by atoms with Crippen LogP contribution in [-0.2, 0) is 9.53 Å². The first-order valence-electron chi connectivity index (χ1n) is 6.25. The van der Waals surface area contributed by atoms with Crippen LogP contribution in [0.3, 0.4) is 0 Å². The van der Waals surface area contributed by atoms with Gasteiger partial charge in [0.15, 0.2) is 0 Å². The molecule has 0 heterocycles. The molecule has 0 fully saturated rings. The summed E-state index contributed by atoms with van der Waals surface area (Å²) in [6.07, 6.45) is 1.30. The molecule has 0 saturated carbocycles. The van der Waals surface area contributed by atoms with Crippen molar-refractivity contribution in [3.63, 3.8) is 0 Å². The molecule has 1 aromatic rings. The molecule has 0 radical (unpaired) electrons. The summed E-state index contributed by atoms with van der Waals surface area (Å²) in [6, 6.07) is 4.36. The van der Waals surface area contributed by atoms with Gasteiger partial charge in [-0.15, -0.1) is 0 Å². The van der Waals surface area contributed by atoms with Gasteiger partial charge in [-0.1, -0.05) is 13.3 Å². The first kappa shape index (κ1) is 16.5. The lowest BCUT2D eigenvalue weighted by atomic mass is 10.1. The van der Waals surface area contributed by atoms with Crippen LogP contribution < -0.4 is 10.1 Å². The highest BCUT2D eigenvalue weighted by Gasteiger charge is 2.21. The molecule has 20 heavy (non-hydrogen) atoms. The van der Waals surface area contributed by atoms with E-state index in [4.69, 9.17) is 4.74 Å². The molecule has 1 amide bonds. The van der Waals surface area contributed by atoms with E-state index in [1.54, 1.807) is 18.2 Å². The number of carbonyl (C=O) groups excluding carboxylic acids is 2. The van der Waals surface area contributed by atoms with Gasteiger partial charge in [0, 0.05) is 5.56 Å². The number of methoxy groups -OCH3 is 2. The molecule has 0 aliphatic heterocycles. The Bertz CT molecular complexity index is 490.